The molecule has 0 saturated carbocycles. The number of hydrogen-bond acceptors (Lipinski definition) is 1. The van der Waals surface area contributed by atoms with Crippen molar-refractivity contribution in [2.24, 2.45) is 0 Å². The summed E-state index contributed by atoms with van der Waals surface area (Å²) in [5.74, 6) is 1.64. The van der Waals surface area contributed by atoms with E-state index in [2.05, 4.69) is 34.1 Å². The van der Waals surface area contributed by atoms with Gasteiger partial charge in [0, 0.05) is 16.8 Å². The zero-order chi connectivity index (χ0) is 14.5. The molecule has 0 saturated heterocycles. The molecule has 2 aromatic carbocycles. The molecule has 20 heavy (non-hydrogen) atoms. The van der Waals surface area contributed by atoms with Crippen LogP contribution in [-0.4, -0.2) is 13.0 Å². The van der Waals surface area contributed by atoms with Gasteiger partial charge in [-0.3, -0.25) is 0 Å². The predicted molar refractivity (Wildman–Crippen MR) is 89.3 cm³/mol. The number of rotatable bonds is 5. The van der Waals surface area contributed by atoms with Gasteiger partial charge < -0.3 is 4.74 Å². The first-order valence-electron chi connectivity index (χ1n) is 6.28. The van der Waals surface area contributed by atoms with Crippen LogP contribution in [0.1, 0.15) is 17.0 Å². The van der Waals surface area contributed by atoms with Gasteiger partial charge in [0.2, 0.25) is 0 Å². The number of hydrogen-bond donors (Lipinski definition) is 0. The lowest BCUT2D eigenvalue weighted by Gasteiger charge is -2.15. The van der Waals surface area contributed by atoms with Gasteiger partial charge in [0.15, 0.2) is 0 Å². The van der Waals surface area contributed by atoms with Crippen molar-refractivity contribution < 1.29 is 4.74 Å². The van der Waals surface area contributed by atoms with Crippen molar-refractivity contribution in [2.45, 2.75) is 12.3 Å². The number of methoxy groups -OCH3 is 1. The molecule has 0 aliphatic rings. The molecule has 0 heterocycles. The van der Waals surface area contributed by atoms with Crippen LogP contribution in [0, 0.1) is 0 Å². The first-order chi connectivity index (χ1) is 9.63. The smallest absolute Gasteiger partial charge is 0.133 e. The fourth-order valence-corrected chi connectivity index (χ4v) is 3.22. The molecule has 106 valence electrons. The Bertz CT molecular complexity index is 586. The third kappa shape index (κ3) is 3.91. The second kappa shape index (κ2) is 7.35. The average Bonchev–Trinajstić information content (AvgIpc) is 2.45. The number of alkyl halides is 1. The van der Waals surface area contributed by atoms with Crippen LogP contribution in [0.5, 0.6) is 5.75 Å². The molecule has 0 spiro atoms. The Morgan fingerprint density at radius 1 is 1.20 bits per heavy atom. The second-order valence-corrected chi connectivity index (χ2v) is 6.18. The maximum Gasteiger partial charge on any atom is 0.133 e. The van der Waals surface area contributed by atoms with E-state index in [1.54, 1.807) is 7.11 Å². The van der Waals surface area contributed by atoms with Gasteiger partial charge in [0.1, 0.15) is 5.75 Å². The highest BCUT2D eigenvalue weighted by molar-refractivity contribution is 9.10. The first kappa shape index (κ1) is 15.7. The topological polar surface area (TPSA) is 9.23 Å². The normalized spacial score (nSPS) is 12.2. The van der Waals surface area contributed by atoms with Crippen molar-refractivity contribution in [3.63, 3.8) is 0 Å². The van der Waals surface area contributed by atoms with Gasteiger partial charge in [-0.05, 0) is 57.7 Å². The summed E-state index contributed by atoms with van der Waals surface area (Å²) >= 11 is 15.7. The zero-order valence-corrected chi connectivity index (χ0v) is 14.2. The van der Waals surface area contributed by atoms with Crippen molar-refractivity contribution in [1.29, 1.82) is 0 Å². The fraction of sp³-hybridized carbons (Fsp3) is 0.250. The largest absolute Gasteiger partial charge is 0.496 e. The van der Waals surface area contributed by atoms with Crippen LogP contribution in [0.25, 0.3) is 0 Å². The zero-order valence-electron chi connectivity index (χ0n) is 11.1. The van der Waals surface area contributed by atoms with Crippen molar-refractivity contribution in [2.75, 3.05) is 13.0 Å². The molecule has 4 heteroatoms. The summed E-state index contributed by atoms with van der Waals surface area (Å²) in [5.41, 5.74) is 2.38. The Balaban J connectivity index is 2.20. The molecule has 0 N–H and O–H groups in total. The van der Waals surface area contributed by atoms with Crippen LogP contribution >= 0.6 is 39.1 Å². The van der Waals surface area contributed by atoms with Crippen LogP contribution in [0.3, 0.4) is 0 Å². The summed E-state index contributed by atoms with van der Waals surface area (Å²) in [6.45, 7) is 0. The third-order valence-corrected chi connectivity index (χ3v) is 4.43. The summed E-state index contributed by atoms with van der Waals surface area (Å²) in [6.07, 6.45) is 0.867. The lowest BCUT2D eigenvalue weighted by molar-refractivity contribution is 0.412. The van der Waals surface area contributed by atoms with E-state index in [4.69, 9.17) is 27.9 Å². The Hall–Kier alpha value is -0.700. The second-order valence-electron chi connectivity index (χ2n) is 4.58. The van der Waals surface area contributed by atoms with E-state index in [1.165, 1.54) is 11.1 Å². The minimum Gasteiger partial charge on any atom is -0.496 e. The van der Waals surface area contributed by atoms with Crippen molar-refractivity contribution >= 4 is 39.1 Å². The van der Waals surface area contributed by atoms with Gasteiger partial charge in [-0.2, -0.15) is 0 Å². The molecule has 2 aromatic rings. The van der Waals surface area contributed by atoms with Crippen LogP contribution < -0.4 is 4.74 Å². The standard InChI is InChI=1S/C16H15BrCl2O/c1-20-16-6-5-11(8-15(16)17)7-13(10-18)12-3-2-4-14(19)9-12/h2-6,8-9,13H,7,10H2,1H3. The van der Waals surface area contributed by atoms with E-state index in [-0.39, 0.29) is 5.92 Å². The van der Waals surface area contributed by atoms with Gasteiger partial charge >= 0.3 is 0 Å². The summed E-state index contributed by atoms with van der Waals surface area (Å²) in [4.78, 5) is 0. The highest BCUT2D eigenvalue weighted by Crippen LogP contribution is 2.29. The summed E-state index contributed by atoms with van der Waals surface area (Å²) in [5, 5.41) is 0.744. The van der Waals surface area contributed by atoms with Gasteiger partial charge in [0.25, 0.3) is 0 Å². The minimum absolute atomic E-state index is 0.246. The number of benzene rings is 2. The lowest BCUT2D eigenvalue weighted by atomic mass is 9.93. The van der Waals surface area contributed by atoms with E-state index in [9.17, 15) is 0 Å². The quantitative estimate of drug-likeness (QED) is 0.613. The molecule has 2 rings (SSSR count). The maximum atomic E-state index is 6.12. The Labute approximate surface area is 138 Å². The Morgan fingerprint density at radius 3 is 2.60 bits per heavy atom. The molecular formula is C16H15BrCl2O. The van der Waals surface area contributed by atoms with Crippen LogP contribution in [0.2, 0.25) is 5.02 Å². The van der Waals surface area contributed by atoms with Gasteiger partial charge in [-0.1, -0.05) is 29.8 Å². The fourth-order valence-electron chi connectivity index (χ4n) is 2.14. The number of halogens is 3. The molecule has 0 fully saturated rings. The molecule has 0 aromatic heterocycles. The van der Waals surface area contributed by atoms with Crippen LogP contribution in [-0.2, 0) is 6.42 Å². The molecule has 1 nitrogen and oxygen atoms in total. The monoisotopic (exact) mass is 372 g/mol. The molecule has 1 atom stereocenters. The van der Waals surface area contributed by atoms with Crippen LogP contribution in [0.15, 0.2) is 46.9 Å². The third-order valence-electron chi connectivity index (χ3n) is 3.20. The Morgan fingerprint density at radius 2 is 2.00 bits per heavy atom. The van der Waals surface area contributed by atoms with Gasteiger partial charge in [-0.25, -0.2) is 0 Å². The minimum atomic E-state index is 0.246. The lowest BCUT2D eigenvalue weighted by Crippen LogP contribution is -2.05. The predicted octanol–water partition coefficient (Wildman–Crippen LogP) is 5.68. The Kier molecular flexibility index (Phi) is 5.76. The molecule has 0 radical (unpaired) electrons. The molecule has 0 aliphatic carbocycles. The molecule has 1 unspecified atom stereocenters. The van der Waals surface area contributed by atoms with E-state index in [1.807, 2.05) is 24.3 Å². The molecule has 0 bridgehead atoms. The van der Waals surface area contributed by atoms with Crippen molar-refractivity contribution in [3.8, 4) is 5.75 Å². The van der Waals surface area contributed by atoms with E-state index >= 15 is 0 Å². The summed E-state index contributed by atoms with van der Waals surface area (Å²) in [6, 6.07) is 14.0. The van der Waals surface area contributed by atoms with Gasteiger partial charge in [-0.15, -0.1) is 11.6 Å². The van der Waals surface area contributed by atoms with E-state index < -0.39 is 0 Å². The van der Waals surface area contributed by atoms with Crippen LogP contribution in [0.4, 0.5) is 0 Å². The van der Waals surface area contributed by atoms with E-state index in [0.717, 1.165) is 21.7 Å². The number of ether oxygens (including phenoxy) is 1. The summed E-state index contributed by atoms with van der Waals surface area (Å²) < 4.78 is 6.20. The first-order valence-corrected chi connectivity index (χ1v) is 7.98. The molecular weight excluding hydrogens is 359 g/mol. The maximum absolute atomic E-state index is 6.12. The highest BCUT2D eigenvalue weighted by atomic mass is 79.9. The summed E-state index contributed by atoms with van der Waals surface area (Å²) in [7, 11) is 1.66. The van der Waals surface area contributed by atoms with Crippen molar-refractivity contribution in [1.82, 2.24) is 0 Å². The SMILES string of the molecule is COc1ccc(CC(CCl)c2cccc(Cl)c2)cc1Br. The van der Waals surface area contributed by atoms with E-state index in [0.29, 0.717) is 5.88 Å². The molecule has 0 amide bonds. The van der Waals surface area contributed by atoms with Crippen molar-refractivity contribution in [3.05, 3.63) is 63.1 Å². The highest BCUT2D eigenvalue weighted by Gasteiger charge is 2.13. The molecule has 0 aliphatic heterocycles. The average molecular weight is 374 g/mol. The van der Waals surface area contributed by atoms with Gasteiger partial charge in [0.05, 0.1) is 11.6 Å².